The minimum Gasteiger partial charge on any atom is -0.497 e. The number of amides is 2. The van der Waals surface area contributed by atoms with Crippen LogP contribution in [0, 0.1) is 0 Å². The number of nitrogens with zero attached hydrogens (tertiary/aromatic N) is 2. The summed E-state index contributed by atoms with van der Waals surface area (Å²) >= 11 is 1.68. The predicted octanol–water partition coefficient (Wildman–Crippen LogP) is 3.00. The third-order valence-electron chi connectivity index (χ3n) is 5.58. The standard InChI is InChI=1S/C21H24N2O5S/c1-26-17-10-15(11-18(12-17)27-2)20(25)22-7-5-21(6-8-22)23(19(24)14-29-21)13-16-4-3-9-28-16/h3-4,9-12H,5-8,13-14H2,1-2H3. The highest BCUT2D eigenvalue weighted by molar-refractivity contribution is 8.01. The minimum absolute atomic E-state index is 0.0519. The predicted molar refractivity (Wildman–Crippen MR) is 109 cm³/mol. The molecule has 0 bridgehead atoms. The van der Waals surface area contributed by atoms with Crippen LogP contribution in [0.15, 0.2) is 41.0 Å². The van der Waals surface area contributed by atoms with Crippen LogP contribution in [-0.2, 0) is 11.3 Å². The third kappa shape index (κ3) is 3.81. The third-order valence-corrected chi connectivity index (χ3v) is 7.14. The van der Waals surface area contributed by atoms with Gasteiger partial charge in [0, 0.05) is 24.7 Å². The lowest BCUT2D eigenvalue weighted by Gasteiger charge is -2.43. The SMILES string of the molecule is COc1cc(OC)cc(C(=O)N2CCC3(CC2)SCC(=O)N3Cc2ccco2)c1. The fourth-order valence-electron chi connectivity index (χ4n) is 3.96. The average molecular weight is 416 g/mol. The summed E-state index contributed by atoms with van der Waals surface area (Å²) in [6.07, 6.45) is 3.09. The summed E-state index contributed by atoms with van der Waals surface area (Å²) in [4.78, 5) is 29.1. The molecule has 0 radical (unpaired) electrons. The van der Waals surface area contributed by atoms with Crippen molar-refractivity contribution >= 4 is 23.6 Å². The smallest absolute Gasteiger partial charge is 0.254 e. The number of methoxy groups -OCH3 is 2. The van der Waals surface area contributed by atoms with Gasteiger partial charge in [0.05, 0.1) is 37.7 Å². The van der Waals surface area contributed by atoms with Crippen molar-refractivity contribution in [3.63, 3.8) is 0 Å². The van der Waals surface area contributed by atoms with E-state index in [2.05, 4.69) is 0 Å². The number of hydrogen-bond acceptors (Lipinski definition) is 6. The molecular weight excluding hydrogens is 392 g/mol. The summed E-state index contributed by atoms with van der Waals surface area (Å²) < 4.78 is 16.0. The Morgan fingerprint density at radius 1 is 1.17 bits per heavy atom. The molecular formula is C21H24N2O5S. The van der Waals surface area contributed by atoms with E-state index < -0.39 is 0 Å². The van der Waals surface area contributed by atoms with E-state index in [-0.39, 0.29) is 16.7 Å². The molecule has 3 heterocycles. The molecule has 1 aromatic heterocycles. The van der Waals surface area contributed by atoms with Crippen molar-refractivity contribution < 1.29 is 23.5 Å². The van der Waals surface area contributed by atoms with Crippen LogP contribution in [0.4, 0.5) is 0 Å². The van der Waals surface area contributed by atoms with E-state index in [1.807, 2.05) is 21.9 Å². The second-order valence-electron chi connectivity index (χ2n) is 7.19. The second kappa shape index (κ2) is 8.02. The van der Waals surface area contributed by atoms with Crippen molar-refractivity contribution in [3.8, 4) is 11.5 Å². The van der Waals surface area contributed by atoms with E-state index in [4.69, 9.17) is 13.9 Å². The Kier molecular flexibility index (Phi) is 5.45. The molecule has 2 fully saturated rings. The van der Waals surface area contributed by atoms with E-state index in [0.717, 1.165) is 18.6 Å². The maximum atomic E-state index is 13.1. The molecule has 1 spiro atoms. The Balaban J connectivity index is 1.47. The maximum absolute atomic E-state index is 13.1. The quantitative estimate of drug-likeness (QED) is 0.746. The van der Waals surface area contributed by atoms with E-state index >= 15 is 0 Å². The molecule has 0 aliphatic carbocycles. The summed E-state index contributed by atoms with van der Waals surface area (Å²) in [5, 5.41) is 0. The van der Waals surface area contributed by atoms with E-state index in [9.17, 15) is 9.59 Å². The molecule has 154 valence electrons. The van der Waals surface area contributed by atoms with Crippen molar-refractivity contribution in [3.05, 3.63) is 47.9 Å². The Hall–Kier alpha value is -2.61. The van der Waals surface area contributed by atoms with Crippen LogP contribution in [0.25, 0.3) is 0 Å². The highest BCUT2D eigenvalue weighted by Gasteiger charge is 2.48. The van der Waals surface area contributed by atoms with Crippen LogP contribution in [0.5, 0.6) is 11.5 Å². The van der Waals surface area contributed by atoms with Gasteiger partial charge in [0.1, 0.15) is 17.3 Å². The molecule has 0 atom stereocenters. The number of carbonyl (C=O) groups is 2. The van der Waals surface area contributed by atoms with Gasteiger partial charge >= 0.3 is 0 Å². The van der Waals surface area contributed by atoms with Crippen LogP contribution in [0.2, 0.25) is 0 Å². The highest BCUT2D eigenvalue weighted by atomic mass is 32.2. The highest BCUT2D eigenvalue weighted by Crippen LogP contribution is 2.45. The normalized spacial score (nSPS) is 18.3. The molecule has 29 heavy (non-hydrogen) atoms. The van der Waals surface area contributed by atoms with E-state index in [1.165, 1.54) is 0 Å². The monoisotopic (exact) mass is 416 g/mol. The average Bonchev–Trinajstić information content (AvgIpc) is 3.38. The first kappa shape index (κ1) is 19.7. The Labute approximate surface area is 173 Å². The molecule has 0 unspecified atom stereocenters. The Bertz CT molecular complexity index is 868. The van der Waals surface area contributed by atoms with Gasteiger partial charge in [-0.1, -0.05) is 0 Å². The van der Waals surface area contributed by atoms with Gasteiger partial charge in [-0.2, -0.15) is 0 Å². The van der Waals surface area contributed by atoms with Gasteiger partial charge in [-0.05, 0) is 37.1 Å². The van der Waals surface area contributed by atoms with Crippen molar-refractivity contribution in [1.29, 1.82) is 0 Å². The lowest BCUT2D eigenvalue weighted by molar-refractivity contribution is -0.132. The Morgan fingerprint density at radius 3 is 2.45 bits per heavy atom. The zero-order valence-electron chi connectivity index (χ0n) is 16.6. The lowest BCUT2D eigenvalue weighted by Crippen LogP contribution is -2.52. The van der Waals surface area contributed by atoms with E-state index in [1.54, 1.807) is 50.4 Å². The summed E-state index contributed by atoms with van der Waals surface area (Å²) in [6, 6.07) is 8.92. The molecule has 4 rings (SSSR count). The lowest BCUT2D eigenvalue weighted by atomic mass is 10.0. The summed E-state index contributed by atoms with van der Waals surface area (Å²) in [5.41, 5.74) is 0.541. The van der Waals surface area contributed by atoms with E-state index in [0.29, 0.717) is 42.4 Å². The van der Waals surface area contributed by atoms with Crippen molar-refractivity contribution in [2.75, 3.05) is 33.1 Å². The number of hydrogen-bond donors (Lipinski definition) is 0. The van der Waals surface area contributed by atoms with Crippen LogP contribution >= 0.6 is 11.8 Å². The molecule has 0 N–H and O–H groups in total. The largest absolute Gasteiger partial charge is 0.497 e. The topological polar surface area (TPSA) is 72.2 Å². The van der Waals surface area contributed by atoms with Gasteiger partial charge in [-0.15, -0.1) is 11.8 Å². The van der Waals surface area contributed by atoms with Gasteiger partial charge in [0.15, 0.2) is 0 Å². The fraction of sp³-hybridized carbons (Fsp3) is 0.429. The summed E-state index contributed by atoms with van der Waals surface area (Å²) in [6.45, 7) is 1.65. The number of furan rings is 1. The summed E-state index contributed by atoms with van der Waals surface area (Å²) in [5.74, 6) is 2.50. The number of rotatable bonds is 5. The van der Waals surface area contributed by atoms with Gasteiger partial charge in [0.2, 0.25) is 5.91 Å². The van der Waals surface area contributed by atoms with Crippen LogP contribution in [0.3, 0.4) is 0 Å². The minimum atomic E-state index is -0.271. The molecule has 2 aliphatic rings. The first-order chi connectivity index (χ1) is 14.0. The zero-order chi connectivity index (χ0) is 20.4. The first-order valence-electron chi connectivity index (χ1n) is 9.54. The molecule has 2 aliphatic heterocycles. The van der Waals surface area contributed by atoms with Crippen molar-refractivity contribution in [1.82, 2.24) is 9.80 Å². The fourth-order valence-corrected chi connectivity index (χ4v) is 5.30. The molecule has 2 saturated heterocycles. The van der Waals surface area contributed by atoms with Gasteiger partial charge < -0.3 is 23.7 Å². The number of thioether (sulfide) groups is 1. The molecule has 7 nitrogen and oxygen atoms in total. The molecule has 2 amide bonds. The number of benzene rings is 1. The number of piperidine rings is 1. The maximum Gasteiger partial charge on any atom is 0.254 e. The van der Waals surface area contributed by atoms with Crippen LogP contribution < -0.4 is 9.47 Å². The summed E-state index contributed by atoms with van der Waals surface area (Å²) in [7, 11) is 3.13. The number of carbonyl (C=O) groups excluding carboxylic acids is 2. The van der Waals surface area contributed by atoms with Gasteiger partial charge in [-0.3, -0.25) is 9.59 Å². The molecule has 0 saturated carbocycles. The second-order valence-corrected chi connectivity index (χ2v) is 8.52. The van der Waals surface area contributed by atoms with Gasteiger partial charge in [0.25, 0.3) is 5.91 Å². The van der Waals surface area contributed by atoms with Crippen LogP contribution in [0.1, 0.15) is 29.0 Å². The molecule has 2 aromatic rings. The number of ether oxygens (including phenoxy) is 2. The molecule has 1 aromatic carbocycles. The molecule has 8 heteroatoms. The first-order valence-corrected chi connectivity index (χ1v) is 10.5. The van der Waals surface area contributed by atoms with Gasteiger partial charge in [-0.25, -0.2) is 0 Å². The van der Waals surface area contributed by atoms with Crippen LogP contribution in [-0.4, -0.2) is 59.5 Å². The Morgan fingerprint density at radius 2 is 1.86 bits per heavy atom. The van der Waals surface area contributed by atoms with Crippen molar-refractivity contribution in [2.45, 2.75) is 24.3 Å². The van der Waals surface area contributed by atoms with Crippen molar-refractivity contribution in [2.24, 2.45) is 0 Å². The zero-order valence-corrected chi connectivity index (χ0v) is 17.4. The number of likely N-dealkylation sites (tertiary alicyclic amines) is 1.